The molecule has 2 rings (SSSR count). The SMILES string of the molecule is CSc1ccccc1NC(=O)N(C)CCOc1ccc(F)cc1. The van der Waals surface area contributed by atoms with E-state index in [0.29, 0.717) is 18.9 Å². The number of urea groups is 1. The van der Waals surface area contributed by atoms with E-state index in [-0.39, 0.29) is 11.8 Å². The van der Waals surface area contributed by atoms with Crippen LogP contribution in [0.2, 0.25) is 0 Å². The van der Waals surface area contributed by atoms with Gasteiger partial charge in [0, 0.05) is 11.9 Å². The number of ether oxygens (including phenoxy) is 1. The molecule has 4 nitrogen and oxygen atoms in total. The molecule has 2 aromatic carbocycles. The van der Waals surface area contributed by atoms with E-state index >= 15 is 0 Å². The average molecular weight is 334 g/mol. The number of anilines is 1. The summed E-state index contributed by atoms with van der Waals surface area (Å²) in [4.78, 5) is 14.7. The Labute approximate surface area is 139 Å². The maximum Gasteiger partial charge on any atom is 0.321 e. The molecule has 0 bridgehead atoms. The Kier molecular flexibility index (Phi) is 6.29. The highest BCUT2D eigenvalue weighted by Gasteiger charge is 2.10. The highest BCUT2D eigenvalue weighted by atomic mass is 32.2. The van der Waals surface area contributed by atoms with Gasteiger partial charge in [0.05, 0.1) is 12.2 Å². The molecule has 0 saturated carbocycles. The van der Waals surface area contributed by atoms with E-state index < -0.39 is 0 Å². The first-order valence-electron chi connectivity index (χ1n) is 7.13. The van der Waals surface area contributed by atoms with Crippen LogP contribution in [0.1, 0.15) is 0 Å². The number of para-hydroxylation sites is 1. The number of benzene rings is 2. The third-order valence-electron chi connectivity index (χ3n) is 3.20. The second-order valence-corrected chi connectivity index (χ2v) is 5.70. The van der Waals surface area contributed by atoms with Gasteiger partial charge >= 0.3 is 6.03 Å². The Morgan fingerprint density at radius 3 is 2.61 bits per heavy atom. The lowest BCUT2D eigenvalue weighted by Crippen LogP contribution is -2.34. The van der Waals surface area contributed by atoms with Gasteiger partial charge in [0.1, 0.15) is 18.2 Å². The van der Waals surface area contributed by atoms with E-state index in [1.54, 1.807) is 35.8 Å². The number of nitrogens with zero attached hydrogens (tertiary/aromatic N) is 1. The predicted octanol–water partition coefficient (Wildman–Crippen LogP) is 4.09. The molecule has 122 valence electrons. The summed E-state index contributed by atoms with van der Waals surface area (Å²) >= 11 is 1.58. The summed E-state index contributed by atoms with van der Waals surface area (Å²) in [6.07, 6.45) is 1.96. The Morgan fingerprint density at radius 1 is 1.22 bits per heavy atom. The molecule has 23 heavy (non-hydrogen) atoms. The fourth-order valence-electron chi connectivity index (χ4n) is 1.89. The molecule has 1 N–H and O–H groups in total. The number of rotatable bonds is 6. The highest BCUT2D eigenvalue weighted by Crippen LogP contribution is 2.24. The van der Waals surface area contributed by atoms with Crippen LogP contribution in [0.15, 0.2) is 53.4 Å². The lowest BCUT2D eigenvalue weighted by Gasteiger charge is -2.19. The first-order chi connectivity index (χ1) is 11.1. The molecule has 0 unspecified atom stereocenters. The predicted molar refractivity (Wildman–Crippen MR) is 91.8 cm³/mol. The average Bonchev–Trinajstić information content (AvgIpc) is 2.57. The van der Waals surface area contributed by atoms with Gasteiger partial charge in [-0.2, -0.15) is 0 Å². The molecule has 2 amide bonds. The van der Waals surface area contributed by atoms with Gasteiger partial charge in [-0.05, 0) is 42.7 Å². The van der Waals surface area contributed by atoms with Gasteiger partial charge in [-0.15, -0.1) is 11.8 Å². The third kappa shape index (κ3) is 5.17. The summed E-state index contributed by atoms with van der Waals surface area (Å²) in [5.74, 6) is 0.272. The van der Waals surface area contributed by atoms with Crippen molar-refractivity contribution in [1.82, 2.24) is 4.90 Å². The second kappa shape index (κ2) is 8.43. The number of likely N-dealkylation sites (N-methyl/N-ethyl adjacent to an activating group) is 1. The minimum absolute atomic E-state index is 0.200. The van der Waals surface area contributed by atoms with Gasteiger partial charge in [0.2, 0.25) is 0 Å². The first-order valence-corrected chi connectivity index (χ1v) is 8.36. The first kappa shape index (κ1) is 17.1. The smallest absolute Gasteiger partial charge is 0.321 e. The molecule has 0 radical (unpaired) electrons. The molecule has 6 heteroatoms. The van der Waals surface area contributed by atoms with Crippen molar-refractivity contribution in [2.45, 2.75) is 4.90 Å². The Bertz CT molecular complexity index is 649. The van der Waals surface area contributed by atoms with Crippen molar-refractivity contribution < 1.29 is 13.9 Å². The van der Waals surface area contributed by atoms with Crippen molar-refractivity contribution in [1.29, 1.82) is 0 Å². The van der Waals surface area contributed by atoms with Crippen molar-refractivity contribution in [2.24, 2.45) is 0 Å². The zero-order valence-corrected chi connectivity index (χ0v) is 13.9. The van der Waals surface area contributed by atoms with E-state index in [2.05, 4.69) is 5.32 Å². The Morgan fingerprint density at radius 2 is 1.91 bits per heavy atom. The van der Waals surface area contributed by atoms with Crippen LogP contribution in [0.25, 0.3) is 0 Å². The fourth-order valence-corrected chi connectivity index (χ4v) is 2.44. The van der Waals surface area contributed by atoms with Crippen molar-refractivity contribution in [3.8, 4) is 5.75 Å². The molecule has 0 spiro atoms. The van der Waals surface area contributed by atoms with E-state index in [1.807, 2.05) is 30.5 Å². The number of carbonyl (C=O) groups excluding carboxylic acids is 1. The third-order valence-corrected chi connectivity index (χ3v) is 4.00. The van der Waals surface area contributed by atoms with Gasteiger partial charge in [0.15, 0.2) is 0 Å². The monoisotopic (exact) mass is 334 g/mol. The molecule has 0 aliphatic rings. The van der Waals surface area contributed by atoms with E-state index in [9.17, 15) is 9.18 Å². The second-order valence-electron chi connectivity index (χ2n) is 4.85. The van der Waals surface area contributed by atoms with Crippen LogP contribution in [0.4, 0.5) is 14.9 Å². The zero-order chi connectivity index (χ0) is 16.7. The molecule has 0 atom stereocenters. The number of hydrogen-bond donors (Lipinski definition) is 1. The molecule has 0 aromatic heterocycles. The largest absolute Gasteiger partial charge is 0.492 e. The number of nitrogens with one attached hydrogen (secondary N) is 1. The number of amides is 2. The molecule has 0 fully saturated rings. The van der Waals surface area contributed by atoms with E-state index in [4.69, 9.17) is 4.74 Å². The molecule has 2 aromatic rings. The molecular formula is C17H19FN2O2S. The Hall–Kier alpha value is -2.21. The van der Waals surface area contributed by atoms with Gasteiger partial charge in [-0.3, -0.25) is 0 Å². The van der Waals surface area contributed by atoms with Crippen LogP contribution in [0.5, 0.6) is 5.75 Å². The molecule has 0 heterocycles. The highest BCUT2D eigenvalue weighted by molar-refractivity contribution is 7.98. The van der Waals surface area contributed by atoms with Crippen LogP contribution >= 0.6 is 11.8 Å². The van der Waals surface area contributed by atoms with Crippen LogP contribution < -0.4 is 10.1 Å². The number of thioether (sulfide) groups is 1. The van der Waals surface area contributed by atoms with Crippen molar-refractivity contribution in [2.75, 3.05) is 31.8 Å². The van der Waals surface area contributed by atoms with Crippen LogP contribution in [0.3, 0.4) is 0 Å². The summed E-state index contributed by atoms with van der Waals surface area (Å²) in [5, 5.41) is 2.88. The lowest BCUT2D eigenvalue weighted by atomic mass is 10.3. The molecular weight excluding hydrogens is 315 g/mol. The summed E-state index contributed by atoms with van der Waals surface area (Å²) in [6.45, 7) is 0.754. The number of carbonyl (C=O) groups is 1. The maximum absolute atomic E-state index is 12.8. The van der Waals surface area contributed by atoms with Crippen molar-refractivity contribution >= 4 is 23.5 Å². The summed E-state index contributed by atoms with van der Waals surface area (Å²) in [7, 11) is 1.70. The van der Waals surface area contributed by atoms with Gasteiger partial charge in [0.25, 0.3) is 0 Å². The molecule has 0 saturated heterocycles. The molecule has 0 aliphatic heterocycles. The summed E-state index contributed by atoms with van der Waals surface area (Å²) in [6, 6.07) is 13.2. The summed E-state index contributed by atoms with van der Waals surface area (Å²) in [5.41, 5.74) is 0.788. The lowest BCUT2D eigenvalue weighted by molar-refractivity contribution is 0.207. The van der Waals surface area contributed by atoms with Crippen molar-refractivity contribution in [3.05, 3.63) is 54.3 Å². The normalized spacial score (nSPS) is 10.2. The van der Waals surface area contributed by atoms with Crippen LogP contribution in [0, 0.1) is 5.82 Å². The quantitative estimate of drug-likeness (QED) is 0.809. The maximum atomic E-state index is 12.8. The van der Waals surface area contributed by atoms with Gasteiger partial charge in [-0.1, -0.05) is 12.1 Å². The zero-order valence-electron chi connectivity index (χ0n) is 13.1. The minimum atomic E-state index is -0.304. The van der Waals surface area contributed by atoms with Gasteiger partial charge in [-0.25, -0.2) is 9.18 Å². The van der Waals surface area contributed by atoms with Crippen LogP contribution in [-0.2, 0) is 0 Å². The topological polar surface area (TPSA) is 41.6 Å². The molecule has 0 aliphatic carbocycles. The van der Waals surface area contributed by atoms with Crippen LogP contribution in [-0.4, -0.2) is 37.4 Å². The number of hydrogen-bond acceptors (Lipinski definition) is 3. The standard InChI is InChI=1S/C17H19FN2O2S/c1-20(11-12-22-14-9-7-13(18)8-10-14)17(21)19-15-5-3-4-6-16(15)23-2/h3-10H,11-12H2,1-2H3,(H,19,21). The van der Waals surface area contributed by atoms with Gasteiger partial charge < -0.3 is 15.0 Å². The summed E-state index contributed by atoms with van der Waals surface area (Å²) < 4.78 is 18.3. The number of halogens is 1. The minimum Gasteiger partial charge on any atom is -0.492 e. The van der Waals surface area contributed by atoms with E-state index in [0.717, 1.165) is 10.6 Å². The Balaban J connectivity index is 1.81. The van der Waals surface area contributed by atoms with Crippen molar-refractivity contribution in [3.63, 3.8) is 0 Å². The fraction of sp³-hybridized carbons (Fsp3) is 0.235. The van der Waals surface area contributed by atoms with E-state index in [1.165, 1.54) is 12.1 Å².